The van der Waals surface area contributed by atoms with E-state index in [1.807, 2.05) is 0 Å². The SMILES string of the molecule is O=S(=O)(NCCSCc1ccco1)c1ccc(Cl)c(C(F)(F)F)c1. The van der Waals surface area contributed by atoms with E-state index in [-0.39, 0.29) is 6.54 Å². The third kappa shape index (κ3) is 5.17. The fraction of sp³-hybridized carbons (Fsp3) is 0.286. The van der Waals surface area contributed by atoms with Crippen molar-refractivity contribution in [3.8, 4) is 0 Å². The molecule has 1 N–H and O–H groups in total. The molecule has 0 unspecified atom stereocenters. The summed E-state index contributed by atoms with van der Waals surface area (Å²) in [7, 11) is -4.04. The molecule has 1 aromatic carbocycles. The molecule has 10 heteroatoms. The lowest BCUT2D eigenvalue weighted by Gasteiger charge is -2.12. The number of benzene rings is 1. The van der Waals surface area contributed by atoms with E-state index in [0.717, 1.165) is 17.9 Å². The van der Waals surface area contributed by atoms with E-state index in [9.17, 15) is 21.6 Å². The molecule has 1 aromatic heterocycles. The first-order chi connectivity index (χ1) is 11.2. The highest BCUT2D eigenvalue weighted by molar-refractivity contribution is 7.98. The van der Waals surface area contributed by atoms with Gasteiger partial charge in [0.2, 0.25) is 10.0 Å². The lowest BCUT2D eigenvalue weighted by atomic mass is 10.2. The highest BCUT2D eigenvalue weighted by Crippen LogP contribution is 2.35. The van der Waals surface area contributed by atoms with Crippen molar-refractivity contribution in [1.29, 1.82) is 0 Å². The minimum atomic E-state index is -4.72. The summed E-state index contributed by atoms with van der Waals surface area (Å²) < 4.78 is 69.9. The number of hydrogen-bond acceptors (Lipinski definition) is 4. The summed E-state index contributed by atoms with van der Waals surface area (Å²) in [5.74, 6) is 1.78. The summed E-state index contributed by atoms with van der Waals surface area (Å²) in [5.41, 5.74) is -1.18. The summed E-state index contributed by atoms with van der Waals surface area (Å²) >= 11 is 6.91. The molecular weight excluding hydrogens is 387 g/mol. The quantitative estimate of drug-likeness (QED) is 0.710. The highest BCUT2D eigenvalue weighted by Gasteiger charge is 2.34. The van der Waals surface area contributed by atoms with Crippen LogP contribution < -0.4 is 4.72 Å². The van der Waals surface area contributed by atoms with Gasteiger partial charge in [0.25, 0.3) is 0 Å². The summed E-state index contributed by atoms with van der Waals surface area (Å²) in [6, 6.07) is 6.03. The van der Waals surface area contributed by atoms with Gasteiger partial charge in [0.05, 0.1) is 27.5 Å². The van der Waals surface area contributed by atoms with Crippen molar-refractivity contribution in [1.82, 2.24) is 4.72 Å². The van der Waals surface area contributed by atoms with Crippen molar-refractivity contribution in [3.63, 3.8) is 0 Å². The number of nitrogens with one attached hydrogen (secondary N) is 1. The van der Waals surface area contributed by atoms with Crippen LogP contribution >= 0.6 is 23.4 Å². The summed E-state index contributed by atoms with van der Waals surface area (Å²) in [6.45, 7) is 0.0810. The largest absolute Gasteiger partial charge is 0.468 e. The average molecular weight is 400 g/mol. The van der Waals surface area contributed by atoms with Crippen LogP contribution in [0.4, 0.5) is 13.2 Å². The maximum atomic E-state index is 12.8. The molecule has 4 nitrogen and oxygen atoms in total. The molecule has 0 fully saturated rings. The second-order valence-corrected chi connectivity index (χ2v) is 7.95. The molecule has 0 atom stereocenters. The van der Waals surface area contributed by atoms with Crippen molar-refractivity contribution in [2.45, 2.75) is 16.8 Å². The van der Waals surface area contributed by atoms with Gasteiger partial charge in [-0.1, -0.05) is 11.6 Å². The number of halogens is 4. The van der Waals surface area contributed by atoms with Crippen LogP contribution in [-0.2, 0) is 22.0 Å². The predicted molar refractivity (Wildman–Crippen MR) is 86.5 cm³/mol. The van der Waals surface area contributed by atoms with Crippen molar-refractivity contribution in [3.05, 3.63) is 52.9 Å². The van der Waals surface area contributed by atoms with Crippen molar-refractivity contribution in [2.24, 2.45) is 0 Å². The molecule has 24 heavy (non-hydrogen) atoms. The minimum absolute atomic E-state index is 0.0810. The van der Waals surface area contributed by atoms with E-state index in [4.69, 9.17) is 16.0 Å². The third-order valence-corrected chi connectivity index (χ3v) is 5.69. The Morgan fingerprint density at radius 2 is 2.00 bits per heavy atom. The molecule has 2 rings (SSSR count). The first kappa shape index (κ1) is 19.2. The molecule has 1 heterocycles. The van der Waals surface area contributed by atoms with Gasteiger partial charge >= 0.3 is 6.18 Å². The fourth-order valence-electron chi connectivity index (χ4n) is 1.79. The molecule has 0 aliphatic carbocycles. The predicted octanol–water partition coefficient (Wildman–Crippen LogP) is 4.16. The molecule has 0 radical (unpaired) electrons. The van der Waals surface area contributed by atoms with Crippen LogP contribution in [0.2, 0.25) is 5.02 Å². The number of thioether (sulfide) groups is 1. The normalized spacial score (nSPS) is 12.5. The van der Waals surface area contributed by atoms with Gasteiger partial charge in [-0.2, -0.15) is 24.9 Å². The maximum Gasteiger partial charge on any atom is 0.417 e. The van der Waals surface area contributed by atoms with Gasteiger partial charge in [-0.25, -0.2) is 13.1 Å². The molecule has 132 valence electrons. The zero-order valence-electron chi connectivity index (χ0n) is 12.1. The molecule has 2 aromatic rings. The van der Waals surface area contributed by atoms with Crippen LogP contribution in [0, 0.1) is 0 Å². The van der Waals surface area contributed by atoms with Crippen LogP contribution in [0.1, 0.15) is 11.3 Å². The first-order valence-electron chi connectivity index (χ1n) is 6.67. The molecule has 0 spiro atoms. The van der Waals surface area contributed by atoms with E-state index in [1.165, 1.54) is 18.0 Å². The van der Waals surface area contributed by atoms with E-state index in [1.54, 1.807) is 12.1 Å². The average Bonchev–Trinajstić information content (AvgIpc) is 2.99. The van der Waals surface area contributed by atoms with Gasteiger partial charge < -0.3 is 4.42 Å². The fourth-order valence-corrected chi connectivity index (χ4v) is 3.96. The zero-order valence-corrected chi connectivity index (χ0v) is 14.5. The van der Waals surface area contributed by atoms with E-state index >= 15 is 0 Å². The molecule has 0 aliphatic rings. The number of alkyl halides is 3. The Balaban J connectivity index is 1.95. The van der Waals surface area contributed by atoms with Gasteiger partial charge in [-0.15, -0.1) is 0 Å². The molecule has 0 bridgehead atoms. The summed E-state index contributed by atoms with van der Waals surface area (Å²) in [5, 5.41) is -0.546. The van der Waals surface area contributed by atoms with Crippen molar-refractivity contribution in [2.75, 3.05) is 12.3 Å². The van der Waals surface area contributed by atoms with Gasteiger partial charge in [0.1, 0.15) is 5.76 Å². The lowest BCUT2D eigenvalue weighted by Crippen LogP contribution is -2.26. The first-order valence-corrected chi connectivity index (χ1v) is 9.68. The summed E-state index contributed by atoms with van der Waals surface area (Å²) in [6.07, 6.45) is -3.18. The Kier molecular flexibility index (Phi) is 6.24. The van der Waals surface area contributed by atoms with Gasteiger partial charge in [-0.3, -0.25) is 0 Å². The lowest BCUT2D eigenvalue weighted by molar-refractivity contribution is -0.137. The monoisotopic (exact) mass is 399 g/mol. The number of rotatable bonds is 7. The Hall–Kier alpha value is -1.16. The Morgan fingerprint density at radius 1 is 1.25 bits per heavy atom. The van der Waals surface area contributed by atoms with Crippen molar-refractivity contribution >= 4 is 33.4 Å². The molecule has 0 saturated heterocycles. The second kappa shape index (κ2) is 7.81. The number of furan rings is 1. The Morgan fingerprint density at radius 3 is 2.62 bits per heavy atom. The van der Waals surface area contributed by atoms with Gasteiger partial charge in [0, 0.05) is 12.3 Å². The molecule has 0 saturated carbocycles. The zero-order chi connectivity index (χ0) is 17.8. The highest BCUT2D eigenvalue weighted by atomic mass is 35.5. The van der Waals surface area contributed by atoms with Gasteiger partial charge in [0.15, 0.2) is 0 Å². The Labute approximate surface area is 146 Å². The third-order valence-electron chi connectivity index (χ3n) is 2.92. The molecule has 0 amide bonds. The Bertz CT molecular complexity index is 777. The number of sulfonamides is 1. The summed E-state index contributed by atoms with van der Waals surface area (Å²) in [4.78, 5) is -0.477. The molecule has 0 aliphatic heterocycles. The van der Waals surface area contributed by atoms with E-state index < -0.39 is 31.7 Å². The standard InChI is InChI=1S/C14H13ClF3NO3S2/c15-13-4-3-11(8-12(13)14(16,17)18)24(20,21)19-5-7-23-9-10-2-1-6-22-10/h1-4,6,8,19H,5,7,9H2. The topological polar surface area (TPSA) is 59.3 Å². The van der Waals surface area contributed by atoms with E-state index in [2.05, 4.69) is 4.72 Å². The second-order valence-electron chi connectivity index (χ2n) is 4.67. The van der Waals surface area contributed by atoms with Crippen LogP contribution in [0.15, 0.2) is 45.9 Å². The van der Waals surface area contributed by atoms with Crippen LogP contribution in [0.3, 0.4) is 0 Å². The smallest absolute Gasteiger partial charge is 0.417 e. The van der Waals surface area contributed by atoms with Crippen molar-refractivity contribution < 1.29 is 26.0 Å². The van der Waals surface area contributed by atoms with Crippen LogP contribution in [0.5, 0.6) is 0 Å². The van der Waals surface area contributed by atoms with Crippen LogP contribution in [0.25, 0.3) is 0 Å². The van der Waals surface area contributed by atoms with E-state index in [0.29, 0.717) is 17.6 Å². The minimum Gasteiger partial charge on any atom is -0.468 e. The number of hydrogen-bond donors (Lipinski definition) is 1. The van der Waals surface area contributed by atoms with Gasteiger partial charge in [-0.05, 0) is 30.3 Å². The van der Waals surface area contributed by atoms with Crippen LogP contribution in [-0.4, -0.2) is 20.7 Å². The maximum absolute atomic E-state index is 12.8. The molecular formula is C14H13ClF3NO3S2.